The van der Waals surface area contributed by atoms with Gasteiger partial charge in [0.1, 0.15) is 12.2 Å². The molecule has 1 atom stereocenters. The van der Waals surface area contributed by atoms with Gasteiger partial charge in [0.05, 0.1) is 11.7 Å². The highest BCUT2D eigenvalue weighted by Gasteiger charge is 2.41. The summed E-state index contributed by atoms with van der Waals surface area (Å²) < 4.78 is 31.5. The summed E-state index contributed by atoms with van der Waals surface area (Å²) in [5, 5.41) is 13.8. The number of piperidine rings is 1. The molecule has 23 heavy (non-hydrogen) atoms. The van der Waals surface area contributed by atoms with Crippen LogP contribution >= 0.6 is 0 Å². The van der Waals surface area contributed by atoms with Gasteiger partial charge in [-0.1, -0.05) is 0 Å². The van der Waals surface area contributed by atoms with Crippen LogP contribution in [0.15, 0.2) is 34.8 Å². The molecule has 0 spiro atoms. The number of hydrogen-bond donors (Lipinski definition) is 2. The van der Waals surface area contributed by atoms with Crippen molar-refractivity contribution in [1.82, 2.24) is 10.2 Å². The van der Waals surface area contributed by atoms with Crippen molar-refractivity contribution in [3.8, 4) is 0 Å². The van der Waals surface area contributed by atoms with E-state index in [9.17, 15) is 18.0 Å². The van der Waals surface area contributed by atoms with E-state index in [0.29, 0.717) is 0 Å². The Morgan fingerprint density at radius 2 is 2.09 bits per heavy atom. The molecule has 2 aliphatic heterocycles. The van der Waals surface area contributed by atoms with Crippen LogP contribution in [0.4, 0.5) is 13.2 Å². The van der Waals surface area contributed by atoms with E-state index >= 15 is 0 Å². The molecule has 3 aliphatic rings. The number of Topliss-reactive ketones (excluding diaryl/α,β-unsaturated/α-hetero) is 1. The molecule has 126 valence electrons. The molecule has 0 aromatic carbocycles. The largest absolute Gasteiger partial charge is 0.542 e. The van der Waals surface area contributed by atoms with Crippen LogP contribution in [-0.2, 0) is 9.59 Å². The summed E-state index contributed by atoms with van der Waals surface area (Å²) in [6, 6.07) is 0.272. The molecule has 1 fully saturated rings. The summed E-state index contributed by atoms with van der Waals surface area (Å²) in [7, 11) is 3.92. The van der Waals surface area contributed by atoms with Gasteiger partial charge in [-0.3, -0.25) is 15.0 Å². The molecular weight excluding hydrogens is 315 g/mol. The molecule has 2 heterocycles. The van der Waals surface area contributed by atoms with E-state index in [2.05, 4.69) is 23.5 Å². The average Bonchev–Trinajstić information content (AvgIpc) is 2.90. The van der Waals surface area contributed by atoms with E-state index < -0.39 is 12.1 Å². The van der Waals surface area contributed by atoms with Gasteiger partial charge < -0.3 is 15.2 Å². The number of likely N-dealkylation sites (tertiary alicyclic amines) is 1. The van der Waals surface area contributed by atoms with Crippen LogP contribution in [0.5, 0.6) is 0 Å². The van der Waals surface area contributed by atoms with Crippen molar-refractivity contribution in [3.63, 3.8) is 0 Å². The number of rotatable bonds is 1. The van der Waals surface area contributed by atoms with Crippen LogP contribution in [0.25, 0.3) is 0 Å². The zero-order valence-electron chi connectivity index (χ0n) is 12.5. The maximum absolute atomic E-state index is 12.1. The second-order valence-corrected chi connectivity index (χ2v) is 5.31. The second kappa shape index (κ2) is 6.17. The Labute approximate surface area is 130 Å². The quantitative estimate of drug-likeness (QED) is 0.604. The van der Waals surface area contributed by atoms with Crippen LogP contribution in [0.3, 0.4) is 0 Å². The number of carboxylic acid groups (broad SMARTS) is 1. The smallest absolute Gasteiger partial charge is 0.430 e. The lowest BCUT2D eigenvalue weighted by atomic mass is 9.86. The van der Waals surface area contributed by atoms with Crippen molar-refractivity contribution in [2.45, 2.75) is 18.6 Å². The maximum Gasteiger partial charge on any atom is 0.430 e. The molecule has 1 aliphatic carbocycles. The summed E-state index contributed by atoms with van der Waals surface area (Å²) in [4.78, 5) is 23.2. The number of nitrogens with one attached hydrogen (secondary N) is 1. The molecule has 3 N–H and O–H groups in total. The minimum Gasteiger partial charge on any atom is -0.542 e. The first-order valence-corrected chi connectivity index (χ1v) is 6.88. The van der Waals surface area contributed by atoms with Crippen molar-refractivity contribution >= 4 is 11.8 Å². The molecule has 3 rings (SSSR count). The number of halogens is 3. The molecular formula is C14H16F3N3O3. The van der Waals surface area contributed by atoms with Crippen LogP contribution in [0.2, 0.25) is 0 Å². The molecule has 6 nitrogen and oxygen atoms in total. The van der Waals surface area contributed by atoms with Crippen LogP contribution in [0, 0.1) is 0 Å². The SMILES string of the molecule is CNC1=CC2C3=C([NH2+]C=C3CCN2C)C1=O.O=C([O-])C(F)(F)F. The highest BCUT2D eigenvalue weighted by molar-refractivity contribution is 6.08. The number of carbonyl (C=O) groups excluding carboxylic acids is 2. The number of nitrogens with zero attached hydrogens (tertiary/aromatic N) is 1. The fraction of sp³-hybridized carbons (Fsp3) is 0.429. The number of alkyl halides is 3. The third-order valence-corrected chi connectivity index (χ3v) is 3.91. The molecule has 0 aromatic rings. The minimum absolute atomic E-state index is 0.135. The molecule has 0 amide bonds. The zero-order chi connectivity index (χ0) is 17.4. The lowest BCUT2D eigenvalue weighted by molar-refractivity contribution is -0.525. The molecule has 0 radical (unpaired) electrons. The number of nitrogens with two attached hydrogens (primary N) is 1. The second-order valence-electron chi connectivity index (χ2n) is 5.31. The Kier molecular flexibility index (Phi) is 4.62. The Balaban J connectivity index is 0.000000236. The van der Waals surface area contributed by atoms with Crippen molar-refractivity contribution < 1.29 is 33.2 Å². The van der Waals surface area contributed by atoms with Crippen molar-refractivity contribution in [2.24, 2.45) is 0 Å². The number of carbonyl (C=O) groups is 2. The molecule has 1 unspecified atom stereocenters. The Bertz CT molecular complexity index is 635. The van der Waals surface area contributed by atoms with Gasteiger partial charge >= 0.3 is 6.18 Å². The van der Waals surface area contributed by atoms with E-state index in [0.717, 1.165) is 24.4 Å². The summed E-state index contributed by atoms with van der Waals surface area (Å²) in [6.45, 7) is 1.06. The standard InChI is InChI=1S/C12H15N3O.C2HF3O2/c1-13-8-5-9-10-7(3-4-15(9)2)6-14-11(10)12(8)16;3-2(4,5)1(6)7/h5-6,9,13-14H,3-4H2,1-2H3;(H,6,7). The van der Waals surface area contributed by atoms with Gasteiger partial charge in [-0.15, -0.1) is 0 Å². The molecule has 0 bridgehead atoms. The highest BCUT2D eigenvalue weighted by atomic mass is 19.4. The first-order chi connectivity index (χ1) is 10.7. The van der Waals surface area contributed by atoms with Gasteiger partial charge in [0, 0.05) is 24.7 Å². The number of carboxylic acids is 1. The van der Waals surface area contributed by atoms with Crippen LogP contribution in [0.1, 0.15) is 6.42 Å². The zero-order valence-corrected chi connectivity index (χ0v) is 12.5. The molecule has 0 saturated carbocycles. The average molecular weight is 331 g/mol. The Morgan fingerprint density at radius 1 is 1.48 bits per heavy atom. The molecule has 1 saturated heterocycles. The van der Waals surface area contributed by atoms with Gasteiger partial charge in [-0.25, -0.2) is 0 Å². The summed E-state index contributed by atoms with van der Waals surface area (Å²) in [5.74, 6) is -2.87. The molecule has 0 aromatic heterocycles. The predicted molar refractivity (Wildman–Crippen MR) is 71.3 cm³/mol. The number of quaternary nitrogens is 1. The number of ketones is 1. The topological polar surface area (TPSA) is 89.1 Å². The van der Waals surface area contributed by atoms with Crippen molar-refractivity contribution in [2.75, 3.05) is 20.6 Å². The number of likely N-dealkylation sites (N-methyl/N-ethyl adjacent to an activating group) is 2. The van der Waals surface area contributed by atoms with Crippen LogP contribution < -0.4 is 15.7 Å². The van der Waals surface area contributed by atoms with Crippen molar-refractivity contribution in [1.29, 1.82) is 0 Å². The van der Waals surface area contributed by atoms with Crippen molar-refractivity contribution in [3.05, 3.63) is 34.8 Å². The van der Waals surface area contributed by atoms with Gasteiger partial charge in [0.2, 0.25) is 0 Å². The maximum atomic E-state index is 12.1. The normalized spacial score (nSPS) is 23.5. The number of aliphatic carboxylic acids is 1. The lowest BCUT2D eigenvalue weighted by Gasteiger charge is -2.34. The highest BCUT2D eigenvalue weighted by Crippen LogP contribution is 2.34. The van der Waals surface area contributed by atoms with E-state index in [1.54, 1.807) is 7.05 Å². The Hall–Kier alpha value is -2.13. The van der Waals surface area contributed by atoms with E-state index in [1.807, 2.05) is 11.4 Å². The third-order valence-electron chi connectivity index (χ3n) is 3.91. The van der Waals surface area contributed by atoms with E-state index in [4.69, 9.17) is 9.90 Å². The van der Waals surface area contributed by atoms with Gasteiger partial charge in [0.15, 0.2) is 5.70 Å². The fourth-order valence-corrected chi connectivity index (χ4v) is 2.74. The van der Waals surface area contributed by atoms with Gasteiger partial charge in [-0.2, -0.15) is 13.2 Å². The van der Waals surface area contributed by atoms with E-state index in [-0.39, 0.29) is 11.8 Å². The van der Waals surface area contributed by atoms with Gasteiger partial charge in [0.25, 0.3) is 5.78 Å². The first-order valence-electron chi connectivity index (χ1n) is 6.88. The monoisotopic (exact) mass is 331 g/mol. The van der Waals surface area contributed by atoms with Crippen LogP contribution in [-0.4, -0.2) is 49.5 Å². The predicted octanol–water partition coefficient (Wildman–Crippen LogP) is -1.61. The summed E-state index contributed by atoms with van der Waals surface area (Å²) in [6.07, 6.45) is 0.0146. The first kappa shape index (κ1) is 17.2. The van der Waals surface area contributed by atoms with Gasteiger partial charge in [-0.05, 0) is 19.5 Å². The minimum atomic E-state index is -5.19. The molecule has 9 heteroatoms. The summed E-state index contributed by atoms with van der Waals surface area (Å²) in [5.41, 5.74) is 4.19. The third kappa shape index (κ3) is 3.30. The lowest BCUT2D eigenvalue weighted by Crippen LogP contribution is -2.77. The van der Waals surface area contributed by atoms with E-state index in [1.165, 1.54) is 11.1 Å². The summed E-state index contributed by atoms with van der Waals surface area (Å²) >= 11 is 0. The fourth-order valence-electron chi connectivity index (χ4n) is 2.74. The number of hydrogen-bond acceptors (Lipinski definition) is 5. The Morgan fingerprint density at radius 3 is 2.61 bits per heavy atom.